The number of benzene rings is 2. The van der Waals surface area contributed by atoms with E-state index in [0.717, 1.165) is 4.31 Å². The molecular weight excluding hydrogens is 380 g/mol. The number of carbonyl (C=O) groups is 1. The van der Waals surface area contributed by atoms with Crippen LogP contribution in [0, 0.1) is 10.1 Å². The molecule has 2 rings (SSSR count). The molecule has 9 heteroatoms. The normalized spacial score (nSPS) is 11.8. The number of halogens is 1. The Kier molecular flexibility index (Phi) is 5.91. The minimum absolute atomic E-state index is 0.00451. The van der Waals surface area contributed by atoms with Crippen molar-refractivity contribution in [2.24, 2.45) is 0 Å². The summed E-state index contributed by atoms with van der Waals surface area (Å²) in [5, 5.41) is 11.1. The fourth-order valence-electron chi connectivity index (χ4n) is 2.05. The number of nitro benzene ring substituents is 1. The van der Waals surface area contributed by atoms with Crippen LogP contribution in [0.1, 0.15) is 15.9 Å². The third-order valence-corrected chi connectivity index (χ3v) is 5.66. The highest BCUT2D eigenvalue weighted by Gasteiger charge is 2.18. The first-order chi connectivity index (χ1) is 12.1. The molecule has 0 saturated heterocycles. The fourth-order valence-corrected chi connectivity index (χ4v) is 3.18. The van der Waals surface area contributed by atoms with Crippen LogP contribution in [0.5, 0.6) is 0 Å². The molecule has 0 aliphatic carbocycles. The molecule has 136 valence electrons. The van der Waals surface area contributed by atoms with Gasteiger partial charge in [0, 0.05) is 36.8 Å². The van der Waals surface area contributed by atoms with E-state index in [0.29, 0.717) is 5.56 Å². The molecule has 0 bridgehead atoms. The molecule has 0 aliphatic heterocycles. The Balaban J connectivity index is 2.33. The van der Waals surface area contributed by atoms with Gasteiger partial charge in [0.1, 0.15) is 0 Å². The zero-order valence-electron chi connectivity index (χ0n) is 13.9. The number of rotatable bonds is 6. The van der Waals surface area contributed by atoms with Gasteiger partial charge in [-0.25, -0.2) is 12.7 Å². The number of hydrogen-bond donors (Lipinski definition) is 0. The van der Waals surface area contributed by atoms with Crippen LogP contribution in [0.3, 0.4) is 0 Å². The number of nitro groups is 1. The van der Waals surface area contributed by atoms with E-state index in [9.17, 15) is 23.3 Å². The number of allylic oxidation sites excluding steroid dienone is 1. The Hall–Kier alpha value is -2.55. The predicted molar refractivity (Wildman–Crippen MR) is 98.8 cm³/mol. The molecule has 0 amide bonds. The van der Waals surface area contributed by atoms with E-state index < -0.39 is 20.7 Å². The molecule has 0 spiro atoms. The van der Waals surface area contributed by atoms with Crippen LogP contribution in [-0.2, 0) is 10.0 Å². The predicted octanol–water partition coefficient (Wildman–Crippen LogP) is 3.39. The Morgan fingerprint density at radius 2 is 1.88 bits per heavy atom. The summed E-state index contributed by atoms with van der Waals surface area (Å²) < 4.78 is 25.3. The van der Waals surface area contributed by atoms with Crippen LogP contribution in [0.2, 0.25) is 5.02 Å². The summed E-state index contributed by atoms with van der Waals surface area (Å²) in [6.07, 6.45) is 2.54. The third kappa shape index (κ3) is 4.34. The Bertz CT molecular complexity index is 1000. The van der Waals surface area contributed by atoms with Crippen molar-refractivity contribution in [3.05, 3.63) is 74.8 Å². The van der Waals surface area contributed by atoms with E-state index in [1.807, 2.05) is 0 Å². The van der Waals surface area contributed by atoms with Gasteiger partial charge in [0.25, 0.3) is 5.69 Å². The second-order valence-corrected chi connectivity index (χ2v) is 8.03. The standard InChI is InChI=1S/C17H15ClN2O5S/c1-19(2)26(24,25)15-5-3-4-13(11-15)17(21)9-6-12-10-14(20(22)23)7-8-16(12)18/h3-11H,1-2H3/b9-6+. The molecule has 0 heterocycles. The molecular formula is C17H15ClN2O5S. The fraction of sp³-hybridized carbons (Fsp3) is 0.118. The van der Waals surface area contributed by atoms with Crippen LogP contribution >= 0.6 is 11.6 Å². The van der Waals surface area contributed by atoms with Crippen molar-refractivity contribution in [1.82, 2.24) is 4.31 Å². The molecule has 2 aromatic carbocycles. The maximum Gasteiger partial charge on any atom is 0.270 e. The van der Waals surface area contributed by atoms with Crippen molar-refractivity contribution < 1.29 is 18.1 Å². The number of nitrogens with zero attached hydrogens (tertiary/aromatic N) is 2. The minimum atomic E-state index is -3.66. The van der Waals surface area contributed by atoms with Gasteiger partial charge in [-0.1, -0.05) is 23.7 Å². The summed E-state index contributed by atoms with van der Waals surface area (Å²) in [6.45, 7) is 0. The maximum absolute atomic E-state index is 12.3. The van der Waals surface area contributed by atoms with E-state index in [2.05, 4.69) is 0 Å². The summed E-state index contributed by atoms with van der Waals surface area (Å²) in [6, 6.07) is 9.50. The molecule has 0 aromatic heterocycles. The number of carbonyl (C=O) groups excluding carboxylic acids is 1. The van der Waals surface area contributed by atoms with Gasteiger partial charge in [-0.3, -0.25) is 14.9 Å². The van der Waals surface area contributed by atoms with Gasteiger partial charge in [-0.2, -0.15) is 0 Å². The highest BCUT2D eigenvalue weighted by Crippen LogP contribution is 2.23. The number of sulfonamides is 1. The third-order valence-electron chi connectivity index (χ3n) is 3.50. The lowest BCUT2D eigenvalue weighted by Crippen LogP contribution is -2.22. The average Bonchev–Trinajstić information content (AvgIpc) is 2.60. The van der Waals surface area contributed by atoms with E-state index >= 15 is 0 Å². The van der Waals surface area contributed by atoms with Gasteiger partial charge in [0.05, 0.1) is 9.82 Å². The van der Waals surface area contributed by atoms with E-state index in [4.69, 9.17) is 11.6 Å². The van der Waals surface area contributed by atoms with Crippen molar-refractivity contribution in [2.75, 3.05) is 14.1 Å². The summed E-state index contributed by atoms with van der Waals surface area (Å²) in [4.78, 5) is 22.6. The van der Waals surface area contributed by atoms with Gasteiger partial charge in [0.2, 0.25) is 10.0 Å². The molecule has 0 radical (unpaired) electrons. The molecule has 0 atom stereocenters. The molecule has 0 aliphatic rings. The number of hydrogen-bond acceptors (Lipinski definition) is 5. The largest absolute Gasteiger partial charge is 0.289 e. The maximum atomic E-state index is 12.3. The van der Waals surface area contributed by atoms with Crippen molar-refractivity contribution >= 4 is 39.2 Å². The number of non-ortho nitro benzene ring substituents is 1. The summed E-state index contributed by atoms with van der Waals surface area (Å²) in [5.41, 5.74) is 0.331. The lowest BCUT2D eigenvalue weighted by Gasteiger charge is -2.11. The van der Waals surface area contributed by atoms with Crippen LogP contribution in [0.15, 0.2) is 53.4 Å². The van der Waals surface area contributed by atoms with Crippen LogP contribution in [0.4, 0.5) is 5.69 Å². The lowest BCUT2D eigenvalue weighted by molar-refractivity contribution is -0.384. The molecule has 0 saturated carbocycles. The summed E-state index contributed by atoms with van der Waals surface area (Å²) in [5.74, 6) is -0.455. The highest BCUT2D eigenvalue weighted by molar-refractivity contribution is 7.89. The summed E-state index contributed by atoms with van der Waals surface area (Å²) >= 11 is 5.98. The van der Waals surface area contributed by atoms with Crippen LogP contribution in [-0.4, -0.2) is 37.5 Å². The second kappa shape index (κ2) is 7.77. The highest BCUT2D eigenvalue weighted by atomic mass is 35.5. The number of ketones is 1. The minimum Gasteiger partial charge on any atom is -0.289 e. The van der Waals surface area contributed by atoms with Crippen molar-refractivity contribution in [1.29, 1.82) is 0 Å². The first-order valence-electron chi connectivity index (χ1n) is 7.32. The molecule has 7 nitrogen and oxygen atoms in total. The monoisotopic (exact) mass is 394 g/mol. The van der Waals surface area contributed by atoms with E-state index in [1.165, 1.54) is 68.7 Å². The van der Waals surface area contributed by atoms with E-state index in [-0.39, 0.29) is 21.2 Å². The van der Waals surface area contributed by atoms with Crippen LogP contribution in [0.25, 0.3) is 6.08 Å². The van der Waals surface area contributed by atoms with Crippen LogP contribution < -0.4 is 0 Å². The zero-order chi connectivity index (χ0) is 19.5. The van der Waals surface area contributed by atoms with Gasteiger partial charge in [-0.05, 0) is 35.9 Å². The second-order valence-electron chi connectivity index (χ2n) is 5.48. The van der Waals surface area contributed by atoms with Crippen molar-refractivity contribution in [2.45, 2.75) is 4.90 Å². The van der Waals surface area contributed by atoms with Gasteiger partial charge < -0.3 is 0 Å². The zero-order valence-corrected chi connectivity index (χ0v) is 15.5. The summed E-state index contributed by atoms with van der Waals surface area (Å²) in [7, 11) is -0.867. The smallest absolute Gasteiger partial charge is 0.270 e. The molecule has 26 heavy (non-hydrogen) atoms. The lowest BCUT2D eigenvalue weighted by atomic mass is 10.1. The van der Waals surface area contributed by atoms with Gasteiger partial charge >= 0.3 is 0 Å². The molecule has 2 aromatic rings. The molecule has 0 N–H and O–H groups in total. The average molecular weight is 395 g/mol. The van der Waals surface area contributed by atoms with Crippen molar-refractivity contribution in [3.63, 3.8) is 0 Å². The molecule has 0 unspecified atom stereocenters. The first-order valence-corrected chi connectivity index (χ1v) is 9.13. The van der Waals surface area contributed by atoms with Crippen molar-refractivity contribution in [3.8, 4) is 0 Å². The first kappa shape index (κ1) is 19.8. The Labute approximate surface area is 155 Å². The SMILES string of the molecule is CN(C)S(=O)(=O)c1cccc(C(=O)/C=C/c2cc([N+](=O)[O-])ccc2Cl)c1. The molecule has 0 fully saturated rings. The van der Waals surface area contributed by atoms with Gasteiger partial charge in [0.15, 0.2) is 5.78 Å². The Morgan fingerprint density at radius 1 is 1.19 bits per heavy atom. The quantitative estimate of drug-likeness (QED) is 0.323. The Morgan fingerprint density at radius 3 is 2.50 bits per heavy atom. The van der Waals surface area contributed by atoms with Gasteiger partial charge in [-0.15, -0.1) is 0 Å². The van der Waals surface area contributed by atoms with E-state index in [1.54, 1.807) is 0 Å². The topological polar surface area (TPSA) is 97.6 Å².